The molecule has 5 aromatic rings. The third kappa shape index (κ3) is 2.57. The van der Waals surface area contributed by atoms with Crippen LogP contribution in [0.1, 0.15) is 10.4 Å². The van der Waals surface area contributed by atoms with E-state index in [1.165, 1.54) is 0 Å². The van der Waals surface area contributed by atoms with Crippen LogP contribution in [-0.4, -0.2) is 25.9 Å². The van der Waals surface area contributed by atoms with Crippen molar-refractivity contribution >= 4 is 22.8 Å². The monoisotopic (exact) mass is 350 g/mol. The second-order valence-electron chi connectivity index (χ2n) is 6.28. The number of rotatable bonds is 3. The van der Waals surface area contributed by atoms with Crippen LogP contribution in [0.5, 0.6) is 0 Å². The van der Waals surface area contributed by atoms with Gasteiger partial charge in [-0.25, -0.2) is 9.50 Å². The summed E-state index contributed by atoms with van der Waals surface area (Å²) < 4.78 is 1.79. The van der Waals surface area contributed by atoms with E-state index in [-0.39, 0.29) is 0 Å². The summed E-state index contributed by atoms with van der Waals surface area (Å²) in [6.07, 6.45) is 8.27. The highest BCUT2D eigenvalue weighted by molar-refractivity contribution is 5.97. The topological polar surface area (TPSA) is 60.2 Å². The number of carbonyl (C=O) groups excluding carboxylic acids is 1. The predicted molar refractivity (Wildman–Crippen MR) is 105 cm³/mol. The summed E-state index contributed by atoms with van der Waals surface area (Å²) in [6.45, 7) is 0. The second-order valence-corrected chi connectivity index (χ2v) is 6.28. The molecule has 0 radical (unpaired) electrons. The summed E-state index contributed by atoms with van der Waals surface area (Å²) in [5, 5.41) is 5.57. The molecular formula is C22H14N4O. The van der Waals surface area contributed by atoms with Crippen LogP contribution in [0.3, 0.4) is 0 Å². The lowest BCUT2D eigenvalue weighted by Gasteiger charge is -2.05. The van der Waals surface area contributed by atoms with E-state index < -0.39 is 0 Å². The number of pyridine rings is 1. The Kier molecular flexibility index (Phi) is 3.50. The number of fused-ring (bicyclic) bond motifs is 2. The lowest BCUT2D eigenvalue weighted by molar-refractivity contribution is 0.112. The fourth-order valence-corrected chi connectivity index (χ4v) is 3.30. The minimum Gasteiger partial charge on any atom is -0.298 e. The number of aldehydes is 1. The quantitative estimate of drug-likeness (QED) is 0.452. The fraction of sp³-hybridized carbons (Fsp3) is 0. The van der Waals surface area contributed by atoms with Crippen LogP contribution in [0.2, 0.25) is 0 Å². The molecule has 0 atom stereocenters. The Labute approximate surface area is 154 Å². The van der Waals surface area contributed by atoms with Crippen molar-refractivity contribution in [3.63, 3.8) is 0 Å². The lowest BCUT2D eigenvalue weighted by Crippen LogP contribution is -1.92. The molecule has 0 saturated carbocycles. The van der Waals surface area contributed by atoms with Crippen LogP contribution >= 0.6 is 0 Å². The van der Waals surface area contributed by atoms with Gasteiger partial charge in [0.2, 0.25) is 0 Å². The van der Waals surface area contributed by atoms with Crippen molar-refractivity contribution < 1.29 is 4.79 Å². The Balaban J connectivity index is 1.64. The molecule has 0 saturated heterocycles. The molecule has 0 fully saturated rings. The number of carbonyl (C=O) groups is 1. The highest BCUT2D eigenvalue weighted by Gasteiger charge is 2.12. The minimum atomic E-state index is 0.652. The average Bonchev–Trinajstić information content (AvgIpc) is 3.16. The largest absolute Gasteiger partial charge is 0.298 e. The van der Waals surface area contributed by atoms with Gasteiger partial charge in [0, 0.05) is 40.7 Å². The Morgan fingerprint density at radius 2 is 1.67 bits per heavy atom. The summed E-state index contributed by atoms with van der Waals surface area (Å²) in [6, 6.07) is 17.5. The van der Waals surface area contributed by atoms with E-state index in [2.05, 4.69) is 21.1 Å². The lowest BCUT2D eigenvalue weighted by atomic mass is 10.0. The van der Waals surface area contributed by atoms with Crippen LogP contribution in [-0.2, 0) is 0 Å². The number of hydrogen-bond donors (Lipinski definition) is 0. The van der Waals surface area contributed by atoms with Gasteiger partial charge in [-0.3, -0.25) is 9.78 Å². The Morgan fingerprint density at radius 1 is 0.815 bits per heavy atom. The maximum absolute atomic E-state index is 10.8. The molecule has 0 bridgehead atoms. The van der Waals surface area contributed by atoms with Gasteiger partial charge >= 0.3 is 0 Å². The molecule has 0 amide bonds. The van der Waals surface area contributed by atoms with Gasteiger partial charge in [-0.15, -0.1) is 0 Å². The number of aromatic nitrogens is 4. The number of benzene rings is 2. The zero-order chi connectivity index (χ0) is 18.2. The van der Waals surface area contributed by atoms with Gasteiger partial charge in [-0.05, 0) is 23.3 Å². The number of hydrogen-bond acceptors (Lipinski definition) is 4. The molecule has 0 unspecified atom stereocenters. The molecule has 27 heavy (non-hydrogen) atoms. The number of para-hydroxylation sites is 1. The molecular weight excluding hydrogens is 336 g/mol. The van der Waals surface area contributed by atoms with Crippen LogP contribution in [0.25, 0.3) is 38.8 Å². The molecule has 5 nitrogen and oxygen atoms in total. The predicted octanol–water partition coefficient (Wildman–Crippen LogP) is 4.42. The molecule has 0 spiro atoms. The summed E-state index contributed by atoms with van der Waals surface area (Å²) in [5.74, 6) is 0. The maximum Gasteiger partial charge on any atom is 0.162 e. The SMILES string of the molecule is O=Cc1ccc(-c2cnc3c(-c4ccnc5ccccc45)cnn3c2)cc1. The van der Waals surface area contributed by atoms with E-state index in [1.54, 1.807) is 16.6 Å². The molecule has 3 heterocycles. The smallest absolute Gasteiger partial charge is 0.162 e. The van der Waals surface area contributed by atoms with Crippen molar-refractivity contribution in [2.75, 3.05) is 0 Å². The van der Waals surface area contributed by atoms with Crippen molar-refractivity contribution in [3.8, 4) is 22.3 Å². The molecule has 0 N–H and O–H groups in total. The normalized spacial score (nSPS) is 11.1. The Hall–Kier alpha value is -3.86. The van der Waals surface area contributed by atoms with Crippen molar-refractivity contribution in [2.45, 2.75) is 0 Å². The number of nitrogens with zero attached hydrogens (tertiary/aromatic N) is 4. The van der Waals surface area contributed by atoms with Gasteiger partial charge in [0.25, 0.3) is 0 Å². The highest BCUT2D eigenvalue weighted by Crippen LogP contribution is 2.30. The van der Waals surface area contributed by atoms with E-state index in [0.29, 0.717) is 5.56 Å². The molecule has 128 valence electrons. The van der Waals surface area contributed by atoms with Crippen molar-refractivity contribution in [1.82, 2.24) is 19.6 Å². The summed E-state index contributed by atoms with van der Waals surface area (Å²) in [5.41, 5.74) is 6.35. The van der Waals surface area contributed by atoms with Gasteiger partial charge in [0.1, 0.15) is 6.29 Å². The van der Waals surface area contributed by atoms with E-state index in [9.17, 15) is 4.79 Å². The van der Waals surface area contributed by atoms with Crippen LogP contribution < -0.4 is 0 Å². The summed E-state index contributed by atoms with van der Waals surface area (Å²) >= 11 is 0. The minimum absolute atomic E-state index is 0.652. The van der Waals surface area contributed by atoms with Crippen molar-refractivity contribution in [3.05, 3.63) is 84.9 Å². The molecule has 3 aromatic heterocycles. The summed E-state index contributed by atoms with van der Waals surface area (Å²) in [4.78, 5) is 19.9. The highest BCUT2D eigenvalue weighted by atomic mass is 16.1. The third-order valence-corrected chi connectivity index (χ3v) is 4.68. The molecule has 5 rings (SSSR count). The summed E-state index contributed by atoms with van der Waals surface area (Å²) in [7, 11) is 0. The van der Waals surface area contributed by atoms with E-state index >= 15 is 0 Å². The van der Waals surface area contributed by atoms with Gasteiger partial charge in [0.15, 0.2) is 5.65 Å². The fourth-order valence-electron chi connectivity index (χ4n) is 3.30. The first kappa shape index (κ1) is 15.4. The molecule has 0 aliphatic rings. The molecule has 5 heteroatoms. The van der Waals surface area contributed by atoms with Crippen molar-refractivity contribution in [2.24, 2.45) is 0 Å². The average molecular weight is 350 g/mol. The van der Waals surface area contributed by atoms with Crippen LogP contribution in [0.15, 0.2) is 79.4 Å². The first-order chi connectivity index (χ1) is 13.3. The standard InChI is InChI=1S/C22H14N4O/c27-14-15-5-7-16(8-6-15)17-11-24-22-20(12-25-26(22)13-17)18-9-10-23-21-4-2-1-3-19(18)21/h1-14H. The Morgan fingerprint density at radius 3 is 2.52 bits per heavy atom. The Bertz CT molecular complexity index is 1280. The zero-order valence-electron chi connectivity index (χ0n) is 14.3. The third-order valence-electron chi connectivity index (χ3n) is 4.68. The van der Waals surface area contributed by atoms with Crippen LogP contribution in [0.4, 0.5) is 0 Å². The van der Waals surface area contributed by atoms with Gasteiger partial charge in [-0.2, -0.15) is 5.10 Å². The van der Waals surface area contributed by atoms with Gasteiger partial charge < -0.3 is 0 Å². The molecule has 0 aliphatic carbocycles. The maximum atomic E-state index is 10.8. The molecule has 0 aliphatic heterocycles. The van der Waals surface area contributed by atoms with Gasteiger partial charge in [-0.1, -0.05) is 42.5 Å². The van der Waals surface area contributed by atoms with Crippen LogP contribution in [0, 0.1) is 0 Å². The van der Waals surface area contributed by atoms with E-state index in [0.717, 1.165) is 45.1 Å². The van der Waals surface area contributed by atoms with Crippen molar-refractivity contribution in [1.29, 1.82) is 0 Å². The van der Waals surface area contributed by atoms with E-state index in [1.807, 2.05) is 61.2 Å². The zero-order valence-corrected chi connectivity index (χ0v) is 14.3. The van der Waals surface area contributed by atoms with E-state index in [4.69, 9.17) is 0 Å². The molecule has 2 aromatic carbocycles. The first-order valence-electron chi connectivity index (χ1n) is 8.56. The second kappa shape index (κ2) is 6.14. The first-order valence-corrected chi connectivity index (χ1v) is 8.56. The van der Waals surface area contributed by atoms with Gasteiger partial charge in [0.05, 0.1) is 11.7 Å².